The van der Waals surface area contributed by atoms with E-state index in [1.54, 1.807) is 0 Å². The lowest BCUT2D eigenvalue weighted by Gasteiger charge is -2.11. The van der Waals surface area contributed by atoms with Gasteiger partial charge in [0.25, 0.3) is 0 Å². The zero-order valence-electron chi connectivity index (χ0n) is 7.06. The molecule has 0 heterocycles. The molecular weight excluding hydrogens is 203 g/mol. The average molecular weight is 211 g/mol. The molecule has 1 saturated carbocycles. The van der Waals surface area contributed by atoms with E-state index >= 15 is 0 Å². The second-order valence-corrected chi connectivity index (χ2v) is 3.09. The Bertz CT molecular complexity index is 247. The molecule has 1 amide bonds. The summed E-state index contributed by atoms with van der Waals surface area (Å²) in [5.74, 6) is 0. The Morgan fingerprint density at radius 3 is 2.43 bits per heavy atom. The van der Waals surface area contributed by atoms with E-state index in [0.29, 0.717) is 19.1 Å². The Morgan fingerprint density at radius 2 is 2.07 bits per heavy atom. The van der Waals surface area contributed by atoms with Crippen LogP contribution in [0.4, 0.5) is 18.0 Å². The second-order valence-electron chi connectivity index (χ2n) is 3.09. The highest BCUT2D eigenvalue weighted by Gasteiger charge is 2.45. The highest BCUT2D eigenvalue weighted by atomic mass is 19.4. The van der Waals surface area contributed by atoms with Gasteiger partial charge in [-0.15, -0.1) is 0 Å². The van der Waals surface area contributed by atoms with Crippen LogP contribution in [0.5, 0.6) is 0 Å². The van der Waals surface area contributed by atoms with Crippen LogP contribution in [0.3, 0.4) is 0 Å². The van der Waals surface area contributed by atoms with E-state index in [1.165, 1.54) is 0 Å². The van der Waals surface area contributed by atoms with Crippen molar-refractivity contribution < 1.29 is 27.5 Å². The summed E-state index contributed by atoms with van der Waals surface area (Å²) in [5, 5.41) is 2.06. The Labute approximate surface area is 77.4 Å². The number of hydrogen-bond donors (Lipinski definition) is 1. The molecule has 0 saturated heterocycles. The fourth-order valence-electron chi connectivity index (χ4n) is 0.794. The standard InChI is InChI=1S/C7H8F3NO3/c8-7(9,10)4-14-5(13)11-6(3-12)1-2-6/h3H,1-2,4H2,(H,11,13). The zero-order valence-corrected chi connectivity index (χ0v) is 7.06. The van der Waals surface area contributed by atoms with E-state index in [1.807, 2.05) is 0 Å². The molecule has 1 fully saturated rings. The predicted molar refractivity (Wildman–Crippen MR) is 38.6 cm³/mol. The van der Waals surface area contributed by atoms with Crippen molar-refractivity contribution in [2.75, 3.05) is 6.61 Å². The number of nitrogens with one attached hydrogen (secondary N) is 1. The summed E-state index contributed by atoms with van der Waals surface area (Å²) in [4.78, 5) is 21.0. The first-order valence-electron chi connectivity index (χ1n) is 3.85. The van der Waals surface area contributed by atoms with Gasteiger partial charge in [-0.1, -0.05) is 0 Å². The predicted octanol–water partition coefficient (Wildman–Crippen LogP) is 1.01. The van der Waals surface area contributed by atoms with Crippen LogP contribution in [0.25, 0.3) is 0 Å². The third-order valence-electron chi connectivity index (χ3n) is 1.73. The average Bonchev–Trinajstić information content (AvgIpc) is 2.81. The minimum absolute atomic E-state index is 0.442. The lowest BCUT2D eigenvalue weighted by atomic mass is 10.3. The van der Waals surface area contributed by atoms with Gasteiger partial charge in [0.2, 0.25) is 0 Å². The molecule has 0 aromatic heterocycles. The van der Waals surface area contributed by atoms with Crippen LogP contribution in [0.15, 0.2) is 0 Å². The Kier molecular flexibility index (Phi) is 2.68. The van der Waals surface area contributed by atoms with Gasteiger partial charge in [-0.3, -0.25) is 0 Å². The van der Waals surface area contributed by atoms with E-state index < -0.39 is 24.4 Å². The summed E-state index contributed by atoms with van der Waals surface area (Å²) in [6.45, 7) is -1.65. The van der Waals surface area contributed by atoms with Gasteiger partial charge in [-0.2, -0.15) is 13.2 Å². The van der Waals surface area contributed by atoms with Gasteiger partial charge in [0.15, 0.2) is 6.61 Å². The highest BCUT2D eigenvalue weighted by Crippen LogP contribution is 2.32. The van der Waals surface area contributed by atoms with Gasteiger partial charge in [-0.05, 0) is 12.8 Å². The monoisotopic (exact) mass is 211 g/mol. The number of alkyl carbamates (subject to hydrolysis) is 1. The van der Waals surface area contributed by atoms with Crippen molar-refractivity contribution in [1.82, 2.24) is 5.32 Å². The number of alkyl halides is 3. The molecule has 1 N–H and O–H groups in total. The summed E-state index contributed by atoms with van der Waals surface area (Å²) in [6, 6.07) is 0. The topological polar surface area (TPSA) is 55.4 Å². The maximum Gasteiger partial charge on any atom is 0.422 e. The molecule has 0 atom stereocenters. The summed E-state index contributed by atoms with van der Waals surface area (Å²) < 4.78 is 38.6. The number of aldehydes is 1. The largest absolute Gasteiger partial charge is 0.440 e. The van der Waals surface area contributed by atoms with Gasteiger partial charge < -0.3 is 14.8 Å². The minimum Gasteiger partial charge on any atom is -0.440 e. The number of amides is 1. The van der Waals surface area contributed by atoms with Gasteiger partial charge in [0.1, 0.15) is 6.29 Å². The van der Waals surface area contributed by atoms with Crippen molar-refractivity contribution in [2.24, 2.45) is 0 Å². The number of ether oxygens (including phenoxy) is 1. The van der Waals surface area contributed by atoms with Gasteiger partial charge in [0, 0.05) is 0 Å². The Morgan fingerprint density at radius 1 is 1.50 bits per heavy atom. The SMILES string of the molecule is O=CC1(NC(=O)OCC(F)(F)F)CC1. The normalized spacial score (nSPS) is 18.5. The third kappa shape index (κ3) is 3.23. The molecule has 7 heteroatoms. The fourth-order valence-corrected chi connectivity index (χ4v) is 0.794. The van der Waals surface area contributed by atoms with Crippen LogP contribution in [-0.2, 0) is 9.53 Å². The number of halogens is 3. The van der Waals surface area contributed by atoms with Crippen molar-refractivity contribution in [2.45, 2.75) is 24.6 Å². The Hall–Kier alpha value is -1.27. The van der Waals surface area contributed by atoms with E-state index in [4.69, 9.17) is 0 Å². The summed E-state index contributed by atoms with van der Waals surface area (Å²) in [7, 11) is 0. The maximum absolute atomic E-state index is 11.6. The van der Waals surface area contributed by atoms with Crippen molar-refractivity contribution in [1.29, 1.82) is 0 Å². The van der Waals surface area contributed by atoms with Gasteiger partial charge >= 0.3 is 12.3 Å². The van der Waals surface area contributed by atoms with E-state index in [-0.39, 0.29) is 0 Å². The van der Waals surface area contributed by atoms with Crippen LogP contribution in [0.2, 0.25) is 0 Å². The van der Waals surface area contributed by atoms with Crippen molar-refractivity contribution in [3.63, 3.8) is 0 Å². The second kappa shape index (κ2) is 3.47. The first-order valence-corrected chi connectivity index (χ1v) is 3.85. The summed E-state index contributed by atoms with van der Waals surface area (Å²) >= 11 is 0. The van der Waals surface area contributed by atoms with Crippen molar-refractivity contribution >= 4 is 12.4 Å². The van der Waals surface area contributed by atoms with Gasteiger partial charge in [-0.25, -0.2) is 4.79 Å². The first-order chi connectivity index (χ1) is 6.37. The minimum atomic E-state index is -4.55. The lowest BCUT2D eigenvalue weighted by molar-refractivity contribution is -0.160. The molecule has 80 valence electrons. The molecule has 4 nitrogen and oxygen atoms in total. The van der Waals surface area contributed by atoms with Crippen LogP contribution in [-0.4, -0.2) is 30.7 Å². The highest BCUT2D eigenvalue weighted by molar-refractivity contribution is 5.79. The molecule has 1 aliphatic carbocycles. The first kappa shape index (κ1) is 10.8. The smallest absolute Gasteiger partial charge is 0.422 e. The lowest BCUT2D eigenvalue weighted by Crippen LogP contribution is -2.39. The number of carbonyl (C=O) groups excluding carboxylic acids is 2. The summed E-state index contributed by atoms with van der Waals surface area (Å²) in [5.41, 5.74) is -0.983. The molecule has 0 aliphatic heterocycles. The summed E-state index contributed by atoms with van der Waals surface area (Å²) in [6.07, 6.45) is -4.38. The van der Waals surface area contributed by atoms with E-state index in [2.05, 4.69) is 10.1 Å². The molecule has 0 radical (unpaired) electrons. The molecule has 0 aromatic rings. The molecule has 1 rings (SSSR count). The van der Waals surface area contributed by atoms with Crippen molar-refractivity contribution in [3.05, 3.63) is 0 Å². The third-order valence-corrected chi connectivity index (χ3v) is 1.73. The molecule has 14 heavy (non-hydrogen) atoms. The van der Waals surface area contributed by atoms with Crippen LogP contribution >= 0.6 is 0 Å². The van der Waals surface area contributed by atoms with Crippen LogP contribution < -0.4 is 5.32 Å². The Balaban J connectivity index is 2.26. The van der Waals surface area contributed by atoms with Gasteiger partial charge in [0.05, 0.1) is 5.54 Å². The fraction of sp³-hybridized carbons (Fsp3) is 0.714. The number of rotatable bonds is 3. The number of carbonyl (C=O) groups is 2. The van der Waals surface area contributed by atoms with Crippen molar-refractivity contribution in [3.8, 4) is 0 Å². The molecule has 0 unspecified atom stereocenters. The molecule has 1 aliphatic rings. The number of hydrogen-bond acceptors (Lipinski definition) is 3. The maximum atomic E-state index is 11.6. The van der Waals surface area contributed by atoms with Crippen LogP contribution in [0, 0.1) is 0 Å². The van der Waals surface area contributed by atoms with E-state index in [9.17, 15) is 22.8 Å². The van der Waals surface area contributed by atoms with Crippen LogP contribution in [0.1, 0.15) is 12.8 Å². The zero-order chi connectivity index (χ0) is 10.8. The van der Waals surface area contributed by atoms with E-state index in [0.717, 1.165) is 0 Å². The molecule has 0 bridgehead atoms. The molecule has 0 aromatic carbocycles. The molecular formula is C7H8F3NO3. The quantitative estimate of drug-likeness (QED) is 0.708. The molecule has 0 spiro atoms.